The number of carbonyl (C=O) groups excluding carboxylic acids is 4. The van der Waals surface area contributed by atoms with E-state index in [0.717, 1.165) is 37.1 Å². The van der Waals surface area contributed by atoms with Gasteiger partial charge in [0, 0.05) is 56.4 Å². The van der Waals surface area contributed by atoms with Crippen molar-refractivity contribution in [1.29, 1.82) is 0 Å². The van der Waals surface area contributed by atoms with Crippen LogP contribution in [0, 0.1) is 11.3 Å². The fraction of sp³-hybridized carbons (Fsp3) is 0.771. The number of nitrogens with zero attached hydrogens (tertiary/aromatic N) is 8. The van der Waals surface area contributed by atoms with Crippen molar-refractivity contribution in [3.05, 3.63) is 23.8 Å². The van der Waals surface area contributed by atoms with Crippen molar-refractivity contribution in [2.45, 2.75) is 134 Å². The molecular formula is C35H55N10O6+. The first-order valence-corrected chi connectivity index (χ1v) is 18.4. The van der Waals surface area contributed by atoms with Gasteiger partial charge in [-0.2, -0.15) is 0 Å². The van der Waals surface area contributed by atoms with E-state index in [2.05, 4.69) is 27.9 Å². The van der Waals surface area contributed by atoms with Crippen LogP contribution in [0.15, 0.2) is 12.4 Å². The highest BCUT2D eigenvalue weighted by molar-refractivity contribution is 5.90. The van der Waals surface area contributed by atoms with E-state index in [1.807, 2.05) is 51.7 Å². The molecule has 2 aromatic rings. The lowest BCUT2D eigenvalue weighted by molar-refractivity contribution is -0.772. The summed E-state index contributed by atoms with van der Waals surface area (Å²) in [6, 6.07) is -3.02. The molecule has 6 atom stereocenters. The van der Waals surface area contributed by atoms with Gasteiger partial charge in [0.2, 0.25) is 23.8 Å². The number of carbonyl (C=O) groups is 4. The molecule has 4 N–H and O–H groups in total. The minimum Gasteiger partial charge on any atom is -0.391 e. The van der Waals surface area contributed by atoms with Crippen LogP contribution in [0.3, 0.4) is 0 Å². The van der Waals surface area contributed by atoms with Crippen LogP contribution >= 0.6 is 0 Å². The number of hydrogen-bond acceptors (Lipinski definition) is 9. The fourth-order valence-electron chi connectivity index (χ4n) is 7.68. The van der Waals surface area contributed by atoms with E-state index in [4.69, 9.17) is 5.21 Å². The second kappa shape index (κ2) is 13.9. The first-order chi connectivity index (χ1) is 24.0. The van der Waals surface area contributed by atoms with Crippen LogP contribution in [0.2, 0.25) is 0 Å². The van der Waals surface area contributed by atoms with Crippen molar-refractivity contribution < 1.29 is 34.1 Å². The fourth-order valence-corrected chi connectivity index (χ4v) is 7.68. The molecule has 4 heterocycles. The number of likely N-dealkylation sites (N-methyl/N-ethyl adjacent to an activating group) is 1. The van der Waals surface area contributed by atoms with E-state index in [-0.39, 0.29) is 67.4 Å². The predicted molar refractivity (Wildman–Crippen MR) is 183 cm³/mol. The van der Waals surface area contributed by atoms with E-state index in [9.17, 15) is 29.4 Å². The summed E-state index contributed by atoms with van der Waals surface area (Å²) in [4.78, 5) is 57.3. The molecule has 2 saturated carbocycles. The van der Waals surface area contributed by atoms with Gasteiger partial charge in [0.15, 0.2) is 11.9 Å². The monoisotopic (exact) mass is 711 g/mol. The van der Waals surface area contributed by atoms with Crippen LogP contribution in [-0.2, 0) is 31.1 Å². The molecule has 0 radical (unpaired) electrons. The second-order valence-corrected chi connectivity index (χ2v) is 16.7. The number of β-amino-alcohol motifs (C(OH)–C–C–N with tert-alkyl or cyclic N) is 2. The van der Waals surface area contributed by atoms with Crippen LogP contribution < -0.4 is 15.3 Å². The summed E-state index contributed by atoms with van der Waals surface area (Å²) in [6.45, 7) is 12.5. The average molecular weight is 712 g/mol. The molecule has 0 spiro atoms. The van der Waals surface area contributed by atoms with Gasteiger partial charge in [-0.05, 0) is 31.1 Å². The standard InChI is InChI=1S/C35H54N10O6/c1-20(2)28(32(50)41-16-22(46)14-25(41)30(48)36-7)44-19-27(35(6)10-11-35)43(40-44)13-12-37-31(49)26-15-23(47)17-42(26)33(51)29(34(3,4)5)45-18-24(38-39-45)21-8-9-21/h18-23,25-26,28-29,46-47H,8-17H2,1-7H3,(H-,36,37,48,49)/p+1/t22-,23-,25+,26+,28+,29-/m1/s1. The molecule has 0 bridgehead atoms. The first-order valence-electron chi connectivity index (χ1n) is 18.4. The lowest BCUT2D eigenvalue weighted by atomic mass is 9.85. The third-order valence-electron chi connectivity index (χ3n) is 11.0. The van der Waals surface area contributed by atoms with Crippen LogP contribution in [0.5, 0.6) is 0 Å². The molecule has 6 rings (SSSR count). The highest BCUT2D eigenvalue weighted by atomic mass is 16.3. The molecule has 4 fully saturated rings. The van der Waals surface area contributed by atoms with Gasteiger partial charge in [0.1, 0.15) is 24.7 Å². The molecule has 2 aliphatic carbocycles. The molecule has 2 saturated heterocycles. The molecule has 16 nitrogen and oxygen atoms in total. The van der Waals surface area contributed by atoms with E-state index in [1.165, 1.54) is 16.8 Å². The van der Waals surface area contributed by atoms with Crippen molar-refractivity contribution in [2.75, 3.05) is 26.7 Å². The maximum Gasteiger partial charge on any atom is 0.271 e. The molecule has 0 unspecified atom stereocenters. The van der Waals surface area contributed by atoms with E-state index < -0.39 is 41.8 Å². The number of nitrogens with one attached hydrogen (secondary N) is 2. The Morgan fingerprint density at radius 2 is 1.61 bits per heavy atom. The van der Waals surface area contributed by atoms with Gasteiger partial charge in [0.05, 0.1) is 29.7 Å². The Kier molecular flexibility index (Phi) is 10.0. The second-order valence-electron chi connectivity index (χ2n) is 16.7. The first kappa shape index (κ1) is 36.9. The Hall–Kier alpha value is -3.92. The highest BCUT2D eigenvalue weighted by Gasteiger charge is 2.50. The number of hydrogen-bond donors (Lipinski definition) is 4. The summed E-state index contributed by atoms with van der Waals surface area (Å²) >= 11 is 0. The Balaban J connectivity index is 1.16. The maximum atomic E-state index is 14.1. The SMILES string of the molecule is CNC(=O)[C@@H]1C[C@@H](O)CN1C(=O)[C@H](C(C)C)[n+]1cc(C2(C)CC2)n(CCNC(=O)[C@@H]2C[C@@H](O)CN2C(=O)[C@@H](n2cc(C3CC3)nn2)C(C)(C)C)n1. The normalized spacial score (nSPS) is 25.6. The Morgan fingerprint density at radius 1 is 1.00 bits per heavy atom. The van der Waals surface area contributed by atoms with Gasteiger partial charge in [-0.15, -0.1) is 14.5 Å². The Labute approximate surface area is 298 Å². The Bertz CT molecular complexity index is 1640. The van der Waals surface area contributed by atoms with Crippen molar-refractivity contribution >= 4 is 23.6 Å². The number of aromatic nitrogens is 6. The van der Waals surface area contributed by atoms with Crippen LogP contribution in [0.4, 0.5) is 0 Å². The summed E-state index contributed by atoms with van der Waals surface area (Å²) < 4.78 is 5.11. The molecule has 4 aliphatic rings. The molecular weight excluding hydrogens is 656 g/mol. The topological polar surface area (TPSA) is 192 Å². The average Bonchev–Trinajstić information content (AvgIpc) is 3.79. The van der Waals surface area contributed by atoms with Crippen molar-refractivity contribution in [3.63, 3.8) is 0 Å². The largest absolute Gasteiger partial charge is 0.391 e. The number of rotatable bonds is 12. The van der Waals surface area contributed by atoms with Crippen LogP contribution in [0.1, 0.15) is 109 Å². The predicted octanol–water partition coefficient (Wildman–Crippen LogP) is -0.0387. The molecule has 4 amide bonds. The smallest absolute Gasteiger partial charge is 0.271 e. The summed E-state index contributed by atoms with van der Waals surface area (Å²) in [5.41, 5.74) is 1.17. The summed E-state index contributed by atoms with van der Waals surface area (Å²) in [5, 5.41) is 40.1. The quantitative estimate of drug-likeness (QED) is 0.219. The Morgan fingerprint density at radius 3 is 2.16 bits per heavy atom. The summed E-state index contributed by atoms with van der Waals surface area (Å²) in [7, 11) is 1.52. The zero-order valence-corrected chi connectivity index (χ0v) is 30.9. The molecule has 2 aliphatic heterocycles. The molecule has 51 heavy (non-hydrogen) atoms. The third kappa shape index (κ3) is 7.52. The van der Waals surface area contributed by atoms with Crippen molar-refractivity contribution in [2.24, 2.45) is 11.3 Å². The molecule has 16 heteroatoms. The van der Waals surface area contributed by atoms with Gasteiger partial charge in [0.25, 0.3) is 5.91 Å². The van der Waals surface area contributed by atoms with Crippen molar-refractivity contribution in [3.8, 4) is 0 Å². The van der Waals surface area contributed by atoms with Crippen LogP contribution in [0.25, 0.3) is 0 Å². The van der Waals surface area contributed by atoms with Gasteiger partial charge in [-0.25, -0.2) is 4.68 Å². The molecule has 2 aromatic heterocycles. The minimum absolute atomic E-state index is 0.0504. The number of amides is 4. The van der Waals surface area contributed by atoms with Gasteiger partial charge < -0.3 is 30.6 Å². The third-order valence-corrected chi connectivity index (χ3v) is 11.0. The summed E-state index contributed by atoms with van der Waals surface area (Å²) in [6.07, 6.45) is 6.47. The van der Waals surface area contributed by atoms with Crippen LogP contribution in [-0.4, -0.2) is 120 Å². The maximum absolute atomic E-state index is 14.1. The lowest BCUT2D eigenvalue weighted by Crippen LogP contribution is -2.56. The lowest BCUT2D eigenvalue weighted by Gasteiger charge is -2.34. The van der Waals surface area contributed by atoms with E-state index in [0.29, 0.717) is 12.5 Å². The van der Waals surface area contributed by atoms with E-state index >= 15 is 0 Å². The number of aliphatic hydroxyl groups excluding tert-OH is 2. The zero-order chi connectivity index (χ0) is 37.0. The van der Waals surface area contributed by atoms with Gasteiger partial charge in [-0.3, -0.25) is 19.2 Å². The highest BCUT2D eigenvalue weighted by Crippen LogP contribution is 2.47. The minimum atomic E-state index is -0.848. The summed E-state index contributed by atoms with van der Waals surface area (Å²) in [5.74, 6) is -1.01. The molecule has 0 aromatic carbocycles. The number of likely N-dealkylation sites (tertiary alicyclic amines) is 2. The zero-order valence-electron chi connectivity index (χ0n) is 30.9. The molecule has 280 valence electrons. The van der Waals surface area contributed by atoms with Gasteiger partial charge in [-0.1, -0.05) is 46.8 Å². The van der Waals surface area contributed by atoms with Crippen molar-refractivity contribution in [1.82, 2.24) is 45.3 Å². The number of aliphatic hydroxyl groups is 2. The van der Waals surface area contributed by atoms with Gasteiger partial charge >= 0.3 is 0 Å². The van der Waals surface area contributed by atoms with E-state index in [1.54, 1.807) is 9.36 Å².